The Balaban J connectivity index is 1.59. The Bertz CT molecular complexity index is 973. The summed E-state index contributed by atoms with van der Waals surface area (Å²) in [5.41, 5.74) is 4.17. The van der Waals surface area contributed by atoms with Crippen LogP contribution in [0.25, 0.3) is 6.08 Å². The molecule has 0 spiro atoms. The van der Waals surface area contributed by atoms with Gasteiger partial charge in [0, 0.05) is 22.5 Å². The maximum atomic E-state index is 12.9. The molecule has 0 unspecified atom stereocenters. The highest BCUT2D eigenvalue weighted by Gasteiger charge is 2.35. The van der Waals surface area contributed by atoms with E-state index in [1.165, 1.54) is 42.0 Å². The quantitative estimate of drug-likeness (QED) is 0.567. The minimum Gasteiger partial charge on any atom is -0.346 e. The molecule has 0 atom stereocenters. The van der Waals surface area contributed by atoms with Crippen LogP contribution in [0.4, 0.5) is 4.79 Å². The molecule has 28 heavy (non-hydrogen) atoms. The summed E-state index contributed by atoms with van der Waals surface area (Å²) in [4.78, 5) is 27.1. The van der Waals surface area contributed by atoms with E-state index in [1.807, 2.05) is 24.3 Å². The fourth-order valence-corrected chi connectivity index (χ4v) is 5.27. The molecule has 4 nitrogen and oxygen atoms in total. The maximum absolute atomic E-state index is 12.9. The molecule has 2 amide bonds. The highest BCUT2D eigenvalue weighted by molar-refractivity contribution is 8.18. The lowest BCUT2D eigenvalue weighted by molar-refractivity contribution is -0.123. The third-order valence-corrected chi connectivity index (χ3v) is 6.94. The van der Waals surface area contributed by atoms with Crippen LogP contribution in [0, 0.1) is 13.8 Å². The number of carbonyl (C=O) groups excluding carboxylic acids is 2. The zero-order chi connectivity index (χ0) is 19.8. The first-order valence-electron chi connectivity index (χ1n) is 9.63. The van der Waals surface area contributed by atoms with Crippen LogP contribution in [0.15, 0.2) is 35.2 Å². The van der Waals surface area contributed by atoms with Crippen molar-refractivity contribution < 1.29 is 9.59 Å². The number of nitrogens with zero attached hydrogens (tertiary/aromatic N) is 2. The van der Waals surface area contributed by atoms with Crippen molar-refractivity contribution in [3.05, 3.63) is 62.8 Å². The number of benzene rings is 1. The zero-order valence-corrected chi connectivity index (χ0v) is 17.6. The maximum Gasteiger partial charge on any atom is 0.293 e. The van der Waals surface area contributed by atoms with Crippen molar-refractivity contribution in [2.75, 3.05) is 0 Å². The minimum absolute atomic E-state index is 0.197. The normalized spacial score (nSPS) is 19.4. The van der Waals surface area contributed by atoms with Gasteiger partial charge >= 0.3 is 0 Å². The molecule has 2 heterocycles. The van der Waals surface area contributed by atoms with Crippen LogP contribution in [0.5, 0.6) is 0 Å². The number of carbonyl (C=O) groups is 2. The van der Waals surface area contributed by atoms with E-state index in [1.54, 1.807) is 6.07 Å². The zero-order valence-electron chi connectivity index (χ0n) is 16.1. The number of rotatable bonds is 4. The molecule has 1 aliphatic carbocycles. The molecule has 0 N–H and O–H groups in total. The fourth-order valence-electron chi connectivity index (χ4n) is 4.25. The lowest BCUT2D eigenvalue weighted by Crippen LogP contribution is -2.27. The Morgan fingerprint density at radius 2 is 1.89 bits per heavy atom. The molecular formula is C22H23ClN2O2S. The SMILES string of the molecule is Cc1cc(/C=C2\SC(=O)N(Cc3ccccc3Cl)C2=O)c(C)n1C1CCCC1. The van der Waals surface area contributed by atoms with E-state index in [9.17, 15) is 9.59 Å². The van der Waals surface area contributed by atoms with Crippen LogP contribution in [0.3, 0.4) is 0 Å². The summed E-state index contributed by atoms with van der Waals surface area (Å²) in [5.74, 6) is -0.249. The average molecular weight is 415 g/mol. The van der Waals surface area contributed by atoms with E-state index < -0.39 is 0 Å². The van der Waals surface area contributed by atoms with E-state index in [4.69, 9.17) is 11.6 Å². The number of hydrogen-bond donors (Lipinski definition) is 0. The van der Waals surface area contributed by atoms with Gasteiger partial charge in [0.25, 0.3) is 11.1 Å². The van der Waals surface area contributed by atoms with Gasteiger partial charge in [-0.2, -0.15) is 0 Å². The second kappa shape index (κ2) is 7.80. The second-order valence-corrected chi connectivity index (χ2v) is 8.89. The average Bonchev–Trinajstić information content (AvgIpc) is 3.34. The lowest BCUT2D eigenvalue weighted by atomic mass is 10.2. The predicted octanol–water partition coefficient (Wildman–Crippen LogP) is 6.11. The van der Waals surface area contributed by atoms with E-state index >= 15 is 0 Å². The predicted molar refractivity (Wildman–Crippen MR) is 114 cm³/mol. The van der Waals surface area contributed by atoms with Crippen LogP contribution < -0.4 is 0 Å². The van der Waals surface area contributed by atoms with Crippen molar-refractivity contribution >= 4 is 40.6 Å². The summed E-state index contributed by atoms with van der Waals surface area (Å²) < 4.78 is 2.40. The van der Waals surface area contributed by atoms with E-state index in [0.29, 0.717) is 16.0 Å². The highest BCUT2D eigenvalue weighted by Crippen LogP contribution is 2.37. The molecule has 2 fully saturated rings. The number of amides is 2. The van der Waals surface area contributed by atoms with Crippen molar-refractivity contribution in [1.29, 1.82) is 0 Å². The van der Waals surface area contributed by atoms with Gasteiger partial charge in [0.1, 0.15) is 0 Å². The number of aryl methyl sites for hydroxylation is 1. The first-order chi connectivity index (χ1) is 13.5. The van der Waals surface area contributed by atoms with Crippen LogP contribution in [0.2, 0.25) is 5.02 Å². The standard InChI is InChI=1S/C22H23ClN2O2S/c1-14-11-17(15(2)25(14)18-8-4-5-9-18)12-20-21(26)24(22(27)28-20)13-16-7-3-6-10-19(16)23/h3,6-7,10-12,18H,4-5,8-9,13H2,1-2H3/b20-12-. The second-order valence-electron chi connectivity index (χ2n) is 7.49. The molecule has 1 saturated heterocycles. The van der Waals surface area contributed by atoms with Crippen molar-refractivity contribution in [3.8, 4) is 0 Å². The van der Waals surface area contributed by atoms with E-state index in [0.717, 1.165) is 22.9 Å². The van der Waals surface area contributed by atoms with Gasteiger partial charge in [0.2, 0.25) is 0 Å². The summed E-state index contributed by atoms with van der Waals surface area (Å²) in [5, 5.41) is 0.311. The van der Waals surface area contributed by atoms with Gasteiger partial charge in [0.15, 0.2) is 0 Å². The van der Waals surface area contributed by atoms with Gasteiger partial charge in [-0.1, -0.05) is 42.6 Å². The van der Waals surface area contributed by atoms with Crippen molar-refractivity contribution in [3.63, 3.8) is 0 Å². The Morgan fingerprint density at radius 3 is 2.61 bits per heavy atom. The van der Waals surface area contributed by atoms with Gasteiger partial charge in [-0.05, 0) is 67.8 Å². The molecule has 2 aliphatic rings. The van der Waals surface area contributed by atoms with Crippen LogP contribution in [-0.2, 0) is 11.3 Å². The Morgan fingerprint density at radius 1 is 1.18 bits per heavy atom. The third-order valence-electron chi connectivity index (χ3n) is 5.66. The van der Waals surface area contributed by atoms with Gasteiger partial charge < -0.3 is 4.57 Å². The number of imide groups is 1. The monoisotopic (exact) mass is 414 g/mol. The number of thioether (sulfide) groups is 1. The Hall–Kier alpha value is -1.98. The summed E-state index contributed by atoms with van der Waals surface area (Å²) in [7, 11) is 0. The van der Waals surface area contributed by atoms with Crippen molar-refractivity contribution in [2.45, 2.75) is 52.1 Å². The Kier molecular flexibility index (Phi) is 5.39. The molecule has 4 rings (SSSR count). The summed E-state index contributed by atoms with van der Waals surface area (Å²) in [6.45, 7) is 4.42. The topological polar surface area (TPSA) is 42.3 Å². The largest absolute Gasteiger partial charge is 0.346 e. The summed E-state index contributed by atoms with van der Waals surface area (Å²) in [6, 6.07) is 9.97. The summed E-state index contributed by atoms with van der Waals surface area (Å²) >= 11 is 7.20. The van der Waals surface area contributed by atoms with Gasteiger partial charge in [-0.3, -0.25) is 14.5 Å². The fraction of sp³-hybridized carbons (Fsp3) is 0.364. The Labute approximate surface area is 174 Å². The lowest BCUT2D eigenvalue weighted by Gasteiger charge is -2.17. The van der Waals surface area contributed by atoms with E-state index in [-0.39, 0.29) is 17.7 Å². The van der Waals surface area contributed by atoms with Gasteiger partial charge in [-0.15, -0.1) is 0 Å². The first-order valence-corrected chi connectivity index (χ1v) is 10.8. The number of aromatic nitrogens is 1. The number of hydrogen-bond acceptors (Lipinski definition) is 3. The van der Waals surface area contributed by atoms with Gasteiger partial charge in [-0.25, -0.2) is 0 Å². The van der Waals surface area contributed by atoms with Crippen LogP contribution in [-0.4, -0.2) is 20.6 Å². The van der Waals surface area contributed by atoms with Crippen molar-refractivity contribution in [2.24, 2.45) is 0 Å². The molecule has 0 radical (unpaired) electrons. The molecule has 1 aliphatic heterocycles. The molecular weight excluding hydrogens is 392 g/mol. The molecule has 2 aromatic rings. The highest BCUT2D eigenvalue weighted by atomic mass is 35.5. The van der Waals surface area contributed by atoms with Crippen molar-refractivity contribution in [1.82, 2.24) is 9.47 Å². The number of halogens is 1. The van der Waals surface area contributed by atoms with Crippen LogP contribution >= 0.6 is 23.4 Å². The van der Waals surface area contributed by atoms with Gasteiger partial charge in [0.05, 0.1) is 11.4 Å². The molecule has 1 aromatic heterocycles. The molecule has 1 aromatic carbocycles. The minimum atomic E-state index is -0.249. The smallest absolute Gasteiger partial charge is 0.293 e. The molecule has 146 valence electrons. The first kappa shape index (κ1) is 19.3. The third kappa shape index (κ3) is 3.53. The molecule has 6 heteroatoms. The van der Waals surface area contributed by atoms with E-state index in [2.05, 4.69) is 24.5 Å². The molecule has 1 saturated carbocycles. The van der Waals surface area contributed by atoms with Crippen LogP contribution in [0.1, 0.15) is 54.2 Å². The molecule has 0 bridgehead atoms. The summed E-state index contributed by atoms with van der Waals surface area (Å²) in [6.07, 6.45) is 6.84.